The number of nitrogens with two attached hydrogens (primary N) is 1. The molecule has 1 saturated carbocycles. The molecule has 0 aliphatic heterocycles. The summed E-state index contributed by atoms with van der Waals surface area (Å²) in [6.07, 6.45) is 2.08. The van der Waals surface area contributed by atoms with Gasteiger partial charge in [0.15, 0.2) is 11.4 Å². The van der Waals surface area contributed by atoms with E-state index in [0.29, 0.717) is 29.7 Å². The van der Waals surface area contributed by atoms with Gasteiger partial charge in [-0.15, -0.1) is 0 Å². The molecule has 12 nitrogen and oxygen atoms in total. The summed E-state index contributed by atoms with van der Waals surface area (Å²) in [5.41, 5.74) is 3.11. The summed E-state index contributed by atoms with van der Waals surface area (Å²) in [5, 5.41) is 48.3. The number of carbonyl (C=O) groups excluding carboxylic acids is 4. The Morgan fingerprint density at radius 1 is 1.15 bits per heavy atom. The lowest BCUT2D eigenvalue weighted by Gasteiger charge is -2.50. The smallest absolute Gasteiger partial charge is 0.255 e. The number of aromatic hydroxyl groups is 1. The second-order valence-electron chi connectivity index (χ2n) is 11.5. The number of aliphatic hydroxyl groups excluding tert-OH is 2. The SMILES string of the molecule is CCCCC(=O)NCc1cc(N(C)C)c2c(c1O)C(O)=C1C(=O)[C@]3(O)C(O)=C(C(N)=O)C(=O)C(N(C)C)[C@@H]3C[C@@H]1C2. The van der Waals surface area contributed by atoms with Crippen molar-refractivity contribution in [2.45, 2.75) is 57.2 Å². The van der Waals surface area contributed by atoms with Gasteiger partial charge in [-0.2, -0.15) is 0 Å². The van der Waals surface area contributed by atoms with Crippen LogP contribution in [0.3, 0.4) is 0 Å². The fourth-order valence-electron chi connectivity index (χ4n) is 6.50. The first-order valence-electron chi connectivity index (χ1n) is 13.6. The van der Waals surface area contributed by atoms with Crippen LogP contribution in [0.2, 0.25) is 0 Å². The predicted octanol–water partition coefficient (Wildman–Crippen LogP) is 0.836. The first-order chi connectivity index (χ1) is 19.2. The zero-order valence-electron chi connectivity index (χ0n) is 23.9. The van der Waals surface area contributed by atoms with Gasteiger partial charge < -0.3 is 36.4 Å². The number of carbonyl (C=O) groups is 4. The standard InChI is InChI=1S/C29H38N4O8/c1-6-7-8-18(34)31-12-14-11-17(32(2)3)15-9-13-10-16-22(33(4)5)25(37)21(28(30)40)27(39)29(16,41)26(38)19(13)24(36)20(15)23(14)35/h11,13,16,22,35-36,39,41H,6-10,12H2,1-5H3,(H2,30,40)(H,31,34)/t13-,16-,22?,29-/m0/s1. The van der Waals surface area contributed by atoms with Crippen LogP contribution in [0.15, 0.2) is 23.0 Å². The van der Waals surface area contributed by atoms with Crippen LogP contribution < -0.4 is 16.0 Å². The normalized spacial score (nSPS) is 25.6. The summed E-state index contributed by atoms with van der Waals surface area (Å²) in [6.45, 7) is 1.95. The fourth-order valence-corrected chi connectivity index (χ4v) is 6.50. The van der Waals surface area contributed by atoms with Gasteiger partial charge >= 0.3 is 0 Å². The Morgan fingerprint density at radius 3 is 2.37 bits per heavy atom. The minimum atomic E-state index is -2.70. The number of anilines is 1. The molecule has 222 valence electrons. The van der Waals surface area contributed by atoms with Crippen LogP contribution in [0.4, 0.5) is 5.69 Å². The Morgan fingerprint density at radius 2 is 1.80 bits per heavy atom. The number of amides is 2. The Kier molecular flexibility index (Phi) is 7.94. The van der Waals surface area contributed by atoms with Gasteiger partial charge in [-0.25, -0.2) is 0 Å². The van der Waals surface area contributed by atoms with Gasteiger partial charge in [-0.3, -0.25) is 24.1 Å². The van der Waals surface area contributed by atoms with Crippen LogP contribution in [0.1, 0.15) is 49.3 Å². The molecule has 0 bridgehead atoms. The Hall–Kier alpha value is -3.90. The maximum Gasteiger partial charge on any atom is 0.255 e. The van der Waals surface area contributed by atoms with E-state index in [2.05, 4.69) is 5.32 Å². The summed E-state index contributed by atoms with van der Waals surface area (Å²) in [4.78, 5) is 54.9. The molecule has 4 rings (SSSR count). The zero-order valence-corrected chi connectivity index (χ0v) is 23.9. The molecule has 12 heteroatoms. The summed E-state index contributed by atoms with van der Waals surface area (Å²) in [7, 11) is 6.68. The number of unbranched alkanes of at least 4 members (excludes halogenated alkanes) is 1. The highest BCUT2D eigenvalue weighted by Gasteiger charge is 2.64. The number of Topliss-reactive ketones (excluding diaryl/α,β-unsaturated/α-hetero) is 2. The van der Waals surface area contributed by atoms with Crippen molar-refractivity contribution in [2.24, 2.45) is 17.6 Å². The maximum atomic E-state index is 14.0. The van der Waals surface area contributed by atoms with Crippen molar-refractivity contribution in [2.75, 3.05) is 33.1 Å². The molecule has 0 saturated heterocycles. The average Bonchev–Trinajstić information content (AvgIpc) is 2.88. The number of nitrogens with zero attached hydrogens (tertiary/aromatic N) is 2. The summed E-state index contributed by atoms with van der Waals surface area (Å²) >= 11 is 0. The van der Waals surface area contributed by atoms with E-state index in [-0.39, 0.29) is 42.2 Å². The van der Waals surface area contributed by atoms with Crippen molar-refractivity contribution in [3.8, 4) is 5.75 Å². The zero-order chi connectivity index (χ0) is 30.5. The van der Waals surface area contributed by atoms with Crippen LogP contribution in [0, 0.1) is 11.8 Å². The summed E-state index contributed by atoms with van der Waals surface area (Å²) in [6, 6.07) is 0.571. The van der Waals surface area contributed by atoms with Crippen LogP contribution in [-0.2, 0) is 32.1 Å². The second-order valence-corrected chi connectivity index (χ2v) is 11.5. The Labute approximate surface area is 238 Å². The number of phenols is 1. The minimum absolute atomic E-state index is 0.00856. The van der Waals surface area contributed by atoms with Gasteiger partial charge in [0, 0.05) is 49.8 Å². The summed E-state index contributed by atoms with van der Waals surface area (Å²) in [5.74, 6) is -7.18. The van der Waals surface area contributed by atoms with Crippen molar-refractivity contribution in [3.05, 3.63) is 39.7 Å². The monoisotopic (exact) mass is 570 g/mol. The van der Waals surface area contributed by atoms with Gasteiger partial charge in [0.2, 0.25) is 11.7 Å². The highest BCUT2D eigenvalue weighted by molar-refractivity contribution is 6.24. The van der Waals surface area contributed by atoms with Crippen LogP contribution in [0.25, 0.3) is 5.76 Å². The average molecular weight is 571 g/mol. The van der Waals surface area contributed by atoms with Gasteiger partial charge in [0.05, 0.1) is 11.6 Å². The van der Waals surface area contributed by atoms with Crippen LogP contribution in [-0.4, -0.2) is 88.5 Å². The molecule has 41 heavy (non-hydrogen) atoms. The van der Waals surface area contributed by atoms with E-state index < -0.39 is 58.0 Å². The lowest BCUT2D eigenvalue weighted by Crippen LogP contribution is -2.65. The van der Waals surface area contributed by atoms with Crippen molar-refractivity contribution in [1.29, 1.82) is 0 Å². The number of aliphatic hydroxyl groups is 3. The highest BCUT2D eigenvalue weighted by atomic mass is 16.3. The molecule has 0 radical (unpaired) electrons. The minimum Gasteiger partial charge on any atom is -0.508 e. The van der Waals surface area contributed by atoms with Gasteiger partial charge in [-0.1, -0.05) is 13.3 Å². The molecule has 7 N–H and O–H groups in total. The van der Waals surface area contributed by atoms with Crippen molar-refractivity contribution >= 4 is 34.8 Å². The number of benzene rings is 1. The molecular weight excluding hydrogens is 532 g/mol. The van der Waals surface area contributed by atoms with Crippen molar-refractivity contribution in [3.63, 3.8) is 0 Å². The molecule has 3 aliphatic rings. The third kappa shape index (κ3) is 4.64. The number of nitrogens with one attached hydrogen (secondary N) is 1. The first-order valence-corrected chi connectivity index (χ1v) is 13.6. The van der Waals surface area contributed by atoms with Gasteiger partial charge in [0.25, 0.3) is 5.91 Å². The number of rotatable bonds is 8. The van der Waals surface area contributed by atoms with E-state index in [4.69, 9.17) is 5.73 Å². The first kappa shape index (κ1) is 30.1. The lowest BCUT2D eigenvalue weighted by molar-refractivity contribution is -0.153. The molecule has 3 aliphatic carbocycles. The van der Waals surface area contributed by atoms with E-state index in [1.807, 2.05) is 6.92 Å². The van der Waals surface area contributed by atoms with Crippen LogP contribution >= 0.6 is 0 Å². The second kappa shape index (κ2) is 10.8. The molecule has 0 spiro atoms. The van der Waals surface area contributed by atoms with E-state index in [0.717, 1.165) is 6.42 Å². The molecule has 1 fully saturated rings. The third-order valence-corrected chi connectivity index (χ3v) is 8.49. The lowest BCUT2D eigenvalue weighted by atomic mass is 9.57. The van der Waals surface area contributed by atoms with E-state index in [1.54, 1.807) is 39.2 Å². The number of hydrogen-bond acceptors (Lipinski definition) is 10. The number of hydrogen-bond donors (Lipinski definition) is 6. The number of likely N-dealkylation sites (N-methyl/N-ethyl adjacent to an activating group) is 1. The number of primary amides is 1. The number of ketones is 2. The molecule has 0 aromatic heterocycles. The Bertz CT molecular complexity index is 1400. The van der Waals surface area contributed by atoms with Crippen molar-refractivity contribution < 1.29 is 39.6 Å². The molecule has 1 aromatic carbocycles. The maximum absolute atomic E-state index is 14.0. The summed E-state index contributed by atoms with van der Waals surface area (Å²) < 4.78 is 0. The fraction of sp³-hybridized carbons (Fsp3) is 0.517. The highest BCUT2D eigenvalue weighted by Crippen LogP contribution is 2.54. The largest absolute Gasteiger partial charge is 0.508 e. The molecule has 1 aromatic rings. The van der Waals surface area contributed by atoms with E-state index >= 15 is 0 Å². The third-order valence-electron chi connectivity index (χ3n) is 8.49. The van der Waals surface area contributed by atoms with Gasteiger partial charge in [-0.05, 0) is 50.9 Å². The molecule has 0 heterocycles. The molecular formula is C29H38N4O8. The van der Waals surface area contributed by atoms with Gasteiger partial charge in [0.1, 0.15) is 22.8 Å². The van der Waals surface area contributed by atoms with Crippen LogP contribution in [0.5, 0.6) is 5.75 Å². The molecule has 4 atom stereocenters. The van der Waals surface area contributed by atoms with E-state index in [9.17, 15) is 39.6 Å². The quantitative estimate of drug-likeness (QED) is 0.244. The van der Waals surface area contributed by atoms with Crippen molar-refractivity contribution in [1.82, 2.24) is 10.2 Å². The number of fused-ring (bicyclic) bond motifs is 3. The number of phenolic OH excluding ortho intramolecular Hbond substituents is 1. The Balaban J connectivity index is 1.89. The molecule has 1 unspecified atom stereocenters. The topological polar surface area (TPSA) is 194 Å². The predicted molar refractivity (Wildman–Crippen MR) is 150 cm³/mol. The van der Waals surface area contributed by atoms with E-state index in [1.165, 1.54) is 4.90 Å². The molecule has 2 amide bonds.